The number of hydrogen-bond acceptors (Lipinski definition) is 6. The standard InChI is InChI=1S/C13H12N4O4/c18-12(8-4-2-1-3-5-8)14-7-11-15-13(21-16-11)9-6-10(9)17(19)20/h1-5,9-10H,6-7H2,(H,14,18)/t9-,10-/m1/s1. The van der Waals surface area contributed by atoms with E-state index in [0.717, 1.165) is 0 Å². The molecule has 1 heterocycles. The molecule has 2 atom stereocenters. The van der Waals surface area contributed by atoms with Crippen molar-refractivity contribution >= 4 is 5.91 Å². The Hall–Kier alpha value is -2.77. The Morgan fingerprint density at radius 3 is 2.86 bits per heavy atom. The van der Waals surface area contributed by atoms with Gasteiger partial charge in [-0.05, 0) is 12.1 Å². The van der Waals surface area contributed by atoms with Crippen LogP contribution in [0, 0.1) is 10.1 Å². The largest absolute Gasteiger partial charge is 0.345 e. The maximum atomic E-state index is 11.8. The van der Waals surface area contributed by atoms with Crippen molar-refractivity contribution in [3.05, 3.63) is 57.7 Å². The number of nitrogens with one attached hydrogen (secondary N) is 1. The second-order valence-electron chi connectivity index (χ2n) is 4.79. The summed E-state index contributed by atoms with van der Waals surface area (Å²) < 4.78 is 4.99. The molecular weight excluding hydrogens is 276 g/mol. The van der Waals surface area contributed by atoms with E-state index in [1.54, 1.807) is 24.3 Å². The molecule has 108 valence electrons. The average Bonchev–Trinajstić information content (AvgIpc) is 3.18. The molecule has 2 aromatic rings. The van der Waals surface area contributed by atoms with Crippen LogP contribution in [0.3, 0.4) is 0 Å². The number of nitrogens with zero attached hydrogens (tertiary/aromatic N) is 3. The van der Waals surface area contributed by atoms with Gasteiger partial charge in [-0.25, -0.2) is 0 Å². The minimum absolute atomic E-state index is 0.118. The molecule has 0 aliphatic heterocycles. The molecule has 8 nitrogen and oxygen atoms in total. The number of carbonyl (C=O) groups excluding carboxylic acids is 1. The summed E-state index contributed by atoms with van der Waals surface area (Å²) in [6.07, 6.45) is 0.422. The van der Waals surface area contributed by atoms with Crippen LogP contribution in [0.15, 0.2) is 34.9 Å². The summed E-state index contributed by atoms with van der Waals surface area (Å²) in [5.41, 5.74) is 0.539. The lowest BCUT2D eigenvalue weighted by Gasteiger charge is -2.01. The molecule has 0 radical (unpaired) electrons. The van der Waals surface area contributed by atoms with Gasteiger partial charge in [0.1, 0.15) is 5.92 Å². The lowest BCUT2D eigenvalue weighted by atomic mass is 10.2. The van der Waals surface area contributed by atoms with Crippen LogP contribution in [0.1, 0.15) is 34.4 Å². The molecule has 1 aliphatic carbocycles. The fourth-order valence-electron chi connectivity index (χ4n) is 2.02. The maximum absolute atomic E-state index is 11.8. The number of carbonyl (C=O) groups is 1. The van der Waals surface area contributed by atoms with Gasteiger partial charge < -0.3 is 9.84 Å². The van der Waals surface area contributed by atoms with Crippen LogP contribution in [0.4, 0.5) is 0 Å². The van der Waals surface area contributed by atoms with E-state index in [4.69, 9.17) is 4.52 Å². The quantitative estimate of drug-likeness (QED) is 0.652. The average molecular weight is 288 g/mol. The highest BCUT2D eigenvalue weighted by Gasteiger charge is 2.53. The molecule has 1 amide bonds. The highest BCUT2D eigenvalue weighted by Crippen LogP contribution is 2.41. The first-order valence-electron chi connectivity index (χ1n) is 6.44. The van der Waals surface area contributed by atoms with E-state index >= 15 is 0 Å². The molecule has 1 aliphatic rings. The van der Waals surface area contributed by atoms with E-state index in [1.807, 2.05) is 6.07 Å². The molecule has 3 rings (SSSR count). The minimum Gasteiger partial charge on any atom is -0.345 e. The van der Waals surface area contributed by atoms with Gasteiger partial charge in [0, 0.05) is 16.9 Å². The summed E-state index contributed by atoms with van der Waals surface area (Å²) in [4.78, 5) is 26.1. The summed E-state index contributed by atoms with van der Waals surface area (Å²) in [7, 11) is 0. The summed E-state index contributed by atoms with van der Waals surface area (Å²) in [5.74, 6) is 0.0338. The van der Waals surface area contributed by atoms with Gasteiger partial charge in [-0.15, -0.1) is 0 Å². The second kappa shape index (κ2) is 5.31. The lowest BCUT2D eigenvalue weighted by molar-refractivity contribution is -0.496. The third-order valence-electron chi connectivity index (χ3n) is 3.27. The Bertz CT molecular complexity index is 670. The Balaban J connectivity index is 1.56. The number of rotatable bonds is 5. The van der Waals surface area contributed by atoms with Crippen molar-refractivity contribution in [2.75, 3.05) is 0 Å². The van der Waals surface area contributed by atoms with Crippen LogP contribution < -0.4 is 5.32 Å². The van der Waals surface area contributed by atoms with Gasteiger partial charge >= 0.3 is 0 Å². The van der Waals surface area contributed by atoms with E-state index in [2.05, 4.69) is 15.5 Å². The van der Waals surface area contributed by atoms with Gasteiger partial charge in [0.25, 0.3) is 5.91 Å². The normalized spacial score (nSPS) is 20.0. The first-order chi connectivity index (χ1) is 10.1. The van der Waals surface area contributed by atoms with Crippen molar-refractivity contribution in [2.45, 2.75) is 24.9 Å². The van der Waals surface area contributed by atoms with Gasteiger partial charge in [-0.1, -0.05) is 23.4 Å². The van der Waals surface area contributed by atoms with Gasteiger partial charge in [0.05, 0.1) is 6.54 Å². The van der Waals surface area contributed by atoms with Crippen molar-refractivity contribution in [1.82, 2.24) is 15.5 Å². The van der Waals surface area contributed by atoms with Crippen molar-refractivity contribution in [3.63, 3.8) is 0 Å². The maximum Gasteiger partial charge on any atom is 0.251 e. The van der Waals surface area contributed by atoms with Crippen LogP contribution in [-0.4, -0.2) is 27.0 Å². The van der Waals surface area contributed by atoms with E-state index in [-0.39, 0.29) is 29.2 Å². The molecule has 8 heteroatoms. The number of benzene rings is 1. The Morgan fingerprint density at radius 1 is 1.43 bits per heavy atom. The Labute approximate surface area is 119 Å². The second-order valence-corrected chi connectivity index (χ2v) is 4.79. The summed E-state index contributed by atoms with van der Waals surface area (Å²) in [6, 6.07) is 8.13. The predicted octanol–water partition coefficient (Wildman–Crippen LogP) is 1.13. The van der Waals surface area contributed by atoms with Crippen LogP contribution in [0.2, 0.25) is 0 Å². The number of amides is 1. The van der Waals surface area contributed by atoms with Crippen LogP contribution in [-0.2, 0) is 6.54 Å². The molecule has 0 spiro atoms. The minimum atomic E-state index is -0.628. The van der Waals surface area contributed by atoms with Crippen molar-refractivity contribution < 1.29 is 14.2 Å². The fourth-order valence-corrected chi connectivity index (χ4v) is 2.02. The van der Waals surface area contributed by atoms with Crippen LogP contribution in [0.25, 0.3) is 0 Å². The van der Waals surface area contributed by atoms with E-state index < -0.39 is 6.04 Å². The Morgan fingerprint density at radius 2 is 2.19 bits per heavy atom. The molecule has 1 aromatic carbocycles. The zero-order valence-electron chi connectivity index (χ0n) is 10.9. The van der Waals surface area contributed by atoms with Crippen molar-refractivity contribution in [3.8, 4) is 0 Å². The van der Waals surface area contributed by atoms with Crippen molar-refractivity contribution in [2.24, 2.45) is 0 Å². The summed E-state index contributed by atoms with van der Waals surface area (Å²) in [6.45, 7) is 0.118. The van der Waals surface area contributed by atoms with E-state index in [0.29, 0.717) is 17.8 Å². The van der Waals surface area contributed by atoms with Gasteiger partial charge in [-0.3, -0.25) is 14.9 Å². The van der Waals surface area contributed by atoms with Gasteiger partial charge in [0.2, 0.25) is 11.9 Å². The first-order valence-corrected chi connectivity index (χ1v) is 6.44. The molecule has 1 aromatic heterocycles. The first kappa shape index (κ1) is 13.2. The zero-order chi connectivity index (χ0) is 14.8. The van der Waals surface area contributed by atoms with E-state index in [1.165, 1.54) is 0 Å². The van der Waals surface area contributed by atoms with Crippen molar-refractivity contribution in [1.29, 1.82) is 0 Å². The third-order valence-corrected chi connectivity index (χ3v) is 3.27. The highest BCUT2D eigenvalue weighted by molar-refractivity contribution is 5.93. The molecule has 0 saturated heterocycles. The van der Waals surface area contributed by atoms with Crippen LogP contribution >= 0.6 is 0 Å². The van der Waals surface area contributed by atoms with Gasteiger partial charge in [-0.2, -0.15) is 4.98 Å². The smallest absolute Gasteiger partial charge is 0.251 e. The zero-order valence-corrected chi connectivity index (χ0v) is 10.9. The molecule has 1 saturated carbocycles. The molecule has 0 bridgehead atoms. The van der Waals surface area contributed by atoms with Crippen LogP contribution in [0.5, 0.6) is 0 Å². The third kappa shape index (κ3) is 2.88. The SMILES string of the molecule is O=C(NCc1noc([C@@H]2C[C@H]2[N+](=O)[O-])n1)c1ccccc1. The monoisotopic (exact) mass is 288 g/mol. The lowest BCUT2D eigenvalue weighted by Crippen LogP contribution is -2.23. The number of nitro groups is 1. The molecule has 1 fully saturated rings. The molecule has 0 unspecified atom stereocenters. The molecule has 1 N–H and O–H groups in total. The molecule has 21 heavy (non-hydrogen) atoms. The van der Waals surface area contributed by atoms with Gasteiger partial charge in [0.15, 0.2) is 5.82 Å². The highest BCUT2D eigenvalue weighted by atomic mass is 16.6. The fraction of sp³-hybridized carbons (Fsp3) is 0.308. The summed E-state index contributed by atoms with van der Waals surface area (Å²) >= 11 is 0. The Kier molecular flexibility index (Phi) is 3.35. The predicted molar refractivity (Wildman–Crippen MR) is 70.1 cm³/mol. The summed E-state index contributed by atoms with van der Waals surface area (Å²) in [5, 5.41) is 17.0. The van der Waals surface area contributed by atoms with E-state index in [9.17, 15) is 14.9 Å². The number of hydrogen-bond donors (Lipinski definition) is 1. The topological polar surface area (TPSA) is 111 Å². The number of aromatic nitrogens is 2. The molecular formula is C13H12N4O4.